The summed E-state index contributed by atoms with van der Waals surface area (Å²) in [7, 11) is 4.19. The Balaban J connectivity index is 1.46. The van der Waals surface area contributed by atoms with Crippen molar-refractivity contribution in [2.75, 3.05) is 51.7 Å². The molecule has 0 atom stereocenters. The van der Waals surface area contributed by atoms with Gasteiger partial charge in [-0.25, -0.2) is 9.97 Å². The normalized spacial score (nSPS) is 25.0. The van der Waals surface area contributed by atoms with E-state index in [1.165, 1.54) is 0 Å². The SMILES string of the molecule is CN1CCCN(C(=O)[C@H]2CC[C@H](CN(C)c3ncc(Br)cn3)CC2)CC1. The van der Waals surface area contributed by atoms with Crippen molar-refractivity contribution in [3.05, 3.63) is 16.9 Å². The Morgan fingerprint density at radius 2 is 1.85 bits per heavy atom. The predicted molar refractivity (Wildman–Crippen MR) is 107 cm³/mol. The molecule has 1 aliphatic heterocycles. The molecule has 2 fully saturated rings. The molecular weight excluding hydrogens is 394 g/mol. The Morgan fingerprint density at radius 3 is 2.54 bits per heavy atom. The highest BCUT2D eigenvalue weighted by molar-refractivity contribution is 9.10. The fourth-order valence-corrected chi connectivity index (χ4v) is 4.29. The number of nitrogens with zero attached hydrogens (tertiary/aromatic N) is 5. The lowest BCUT2D eigenvalue weighted by Crippen LogP contribution is -2.40. The average molecular weight is 424 g/mol. The summed E-state index contributed by atoms with van der Waals surface area (Å²) < 4.78 is 0.897. The van der Waals surface area contributed by atoms with Crippen LogP contribution >= 0.6 is 15.9 Å². The minimum Gasteiger partial charge on any atom is -0.344 e. The van der Waals surface area contributed by atoms with E-state index in [-0.39, 0.29) is 5.92 Å². The van der Waals surface area contributed by atoms with Gasteiger partial charge in [-0.1, -0.05) is 0 Å². The number of amides is 1. The third-order valence-corrected chi connectivity index (χ3v) is 6.12. The quantitative estimate of drug-likeness (QED) is 0.744. The first kappa shape index (κ1) is 19.5. The van der Waals surface area contributed by atoms with Gasteiger partial charge in [-0.05, 0) is 67.5 Å². The van der Waals surface area contributed by atoms with Crippen LogP contribution in [0.25, 0.3) is 0 Å². The van der Waals surface area contributed by atoms with E-state index in [1.807, 2.05) is 7.05 Å². The summed E-state index contributed by atoms with van der Waals surface area (Å²) in [5.74, 6) is 2.00. The van der Waals surface area contributed by atoms with Gasteiger partial charge in [0.05, 0.1) is 4.47 Å². The first-order valence-electron chi connectivity index (χ1n) is 9.69. The minimum absolute atomic E-state index is 0.226. The third-order valence-electron chi connectivity index (χ3n) is 5.71. The first-order chi connectivity index (χ1) is 12.5. The molecule has 2 aliphatic rings. The molecule has 1 aromatic rings. The molecule has 1 saturated carbocycles. The molecule has 0 aromatic carbocycles. The lowest BCUT2D eigenvalue weighted by molar-refractivity contribution is -0.136. The van der Waals surface area contributed by atoms with Gasteiger partial charge in [0, 0.05) is 51.5 Å². The zero-order valence-corrected chi connectivity index (χ0v) is 17.5. The molecule has 0 bridgehead atoms. The van der Waals surface area contributed by atoms with E-state index in [4.69, 9.17) is 0 Å². The maximum atomic E-state index is 12.9. The Labute approximate surface area is 165 Å². The molecule has 1 aliphatic carbocycles. The lowest BCUT2D eigenvalue weighted by atomic mass is 9.81. The summed E-state index contributed by atoms with van der Waals surface area (Å²) in [6, 6.07) is 0. The molecule has 0 radical (unpaired) electrons. The maximum absolute atomic E-state index is 12.9. The van der Waals surface area contributed by atoms with E-state index in [0.29, 0.717) is 11.8 Å². The number of hydrogen-bond donors (Lipinski definition) is 0. The monoisotopic (exact) mass is 423 g/mol. The minimum atomic E-state index is 0.226. The van der Waals surface area contributed by atoms with Crippen LogP contribution < -0.4 is 4.90 Å². The van der Waals surface area contributed by atoms with Crippen LogP contribution in [0.4, 0.5) is 5.95 Å². The lowest BCUT2D eigenvalue weighted by Gasteiger charge is -2.33. The predicted octanol–water partition coefficient (Wildman–Crippen LogP) is 2.65. The van der Waals surface area contributed by atoms with Gasteiger partial charge in [-0.15, -0.1) is 0 Å². The number of rotatable bonds is 4. The fraction of sp³-hybridized carbons (Fsp3) is 0.737. The zero-order chi connectivity index (χ0) is 18.5. The van der Waals surface area contributed by atoms with E-state index in [2.05, 4.69) is 47.6 Å². The van der Waals surface area contributed by atoms with Gasteiger partial charge in [-0.3, -0.25) is 4.79 Å². The number of hydrogen-bond acceptors (Lipinski definition) is 5. The Kier molecular flexibility index (Phi) is 6.86. The Hall–Kier alpha value is -1.21. The molecule has 26 heavy (non-hydrogen) atoms. The second-order valence-electron chi connectivity index (χ2n) is 7.78. The van der Waals surface area contributed by atoms with E-state index in [0.717, 1.165) is 75.2 Å². The molecule has 0 N–H and O–H groups in total. The van der Waals surface area contributed by atoms with Crippen molar-refractivity contribution in [1.29, 1.82) is 0 Å². The summed E-state index contributed by atoms with van der Waals surface area (Å²) in [6.07, 6.45) is 8.93. The van der Waals surface area contributed by atoms with Crippen molar-refractivity contribution < 1.29 is 4.79 Å². The second kappa shape index (κ2) is 9.13. The largest absolute Gasteiger partial charge is 0.344 e. The molecule has 7 heteroatoms. The summed E-state index contributed by atoms with van der Waals surface area (Å²) in [5, 5.41) is 0. The number of halogens is 1. The number of carbonyl (C=O) groups excluding carboxylic acids is 1. The summed E-state index contributed by atoms with van der Waals surface area (Å²) in [6.45, 7) is 4.86. The molecule has 0 spiro atoms. The fourth-order valence-electron chi connectivity index (χ4n) is 4.09. The van der Waals surface area contributed by atoms with E-state index < -0.39 is 0 Å². The van der Waals surface area contributed by atoms with Crippen molar-refractivity contribution in [3.8, 4) is 0 Å². The van der Waals surface area contributed by atoms with E-state index >= 15 is 0 Å². The van der Waals surface area contributed by atoms with Crippen molar-refractivity contribution in [1.82, 2.24) is 19.8 Å². The topological polar surface area (TPSA) is 52.6 Å². The van der Waals surface area contributed by atoms with Crippen LogP contribution in [0.3, 0.4) is 0 Å². The number of carbonyl (C=O) groups is 1. The molecule has 1 saturated heterocycles. The smallest absolute Gasteiger partial charge is 0.225 e. The van der Waals surface area contributed by atoms with E-state index in [1.54, 1.807) is 12.4 Å². The Morgan fingerprint density at radius 1 is 1.15 bits per heavy atom. The zero-order valence-electron chi connectivity index (χ0n) is 15.9. The highest BCUT2D eigenvalue weighted by atomic mass is 79.9. The molecule has 0 unspecified atom stereocenters. The van der Waals surface area contributed by atoms with E-state index in [9.17, 15) is 4.79 Å². The molecule has 3 rings (SSSR count). The molecule has 1 aromatic heterocycles. The molecule has 144 valence electrons. The summed E-state index contributed by atoms with van der Waals surface area (Å²) in [5.41, 5.74) is 0. The second-order valence-corrected chi connectivity index (χ2v) is 8.70. The third kappa shape index (κ3) is 5.16. The molecule has 1 amide bonds. The van der Waals surface area contributed by atoms with Crippen molar-refractivity contribution in [2.45, 2.75) is 32.1 Å². The number of anilines is 1. The first-order valence-corrected chi connectivity index (χ1v) is 10.5. The average Bonchev–Trinajstić information content (AvgIpc) is 2.87. The van der Waals surface area contributed by atoms with Gasteiger partial charge in [0.15, 0.2) is 0 Å². The summed E-state index contributed by atoms with van der Waals surface area (Å²) in [4.78, 5) is 28.2. The maximum Gasteiger partial charge on any atom is 0.225 e. The summed E-state index contributed by atoms with van der Waals surface area (Å²) >= 11 is 3.37. The van der Waals surface area contributed by atoms with Gasteiger partial charge >= 0.3 is 0 Å². The van der Waals surface area contributed by atoms with Crippen LogP contribution in [-0.4, -0.2) is 72.5 Å². The van der Waals surface area contributed by atoms with Crippen LogP contribution in [0, 0.1) is 11.8 Å². The van der Waals surface area contributed by atoms with Crippen LogP contribution in [-0.2, 0) is 4.79 Å². The van der Waals surface area contributed by atoms with Gasteiger partial charge < -0.3 is 14.7 Å². The molecular formula is C19H30BrN5O. The van der Waals surface area contributed by atoms with Crippen LogP contribution in [0.15, 0.2) is 16.9 Å². The Bertz CT molecular complexity index is 588. The highest BCUT2D eigenvalue weighted by Crippen LogP contribution is 2.31. The van der Waals surface area contributed by atoms with Crippen LogP contribution in [0.2, 0.25) is 0 Å². The molecule has 6 nitrogen and oxygen atoms in total. The van der Waals surface area contributed by atoms with Crippen LogP contribution in [0.1, 0.15) is 32.1 Å². The van der Waals surface area contributed by atoms with Gasteiger partial charge in [0.1, 0.15) is 0 Å². The van der Waals surface area contributed by atoms with Crippen LogP contribution in [0.5, 0.6) is 0 Å². The van der Waals surface area contributed by atoms with Gasteiger partial charge in [0.25, 0.3) is 0 Å². The number of aromatic nitrogens is 2. The number of likely N-dealkylation sites (N-methyl/N-ethyl adjacent to an activating group) is 1. The van der Waals surface area contributed by atoms with Crippen molar-refractivity contribution in [3.63, 3.8) is 0 Å². The van der Waals surface area contributed by atoms with Crippen molar-refractivity contribution >= 4 is 27.8 Å². The highest BCUT2D eigenvalue weighted by Gasteiger charge is 2.30. The van der Waals surface area contributed by atoms with Gasteiger partial charge in [-0.2, -0.15) is 0 Å². The standard InChI is InChI=1S/C19H30BrN5O/c1-23-8-3-9-25(11-10-23)18(26)16-6-4-15(5-7-16)14-24(2)19-21-12-17(20)13-22-19/h12-13,15-16H,3-11,14H2,1-2H3/t15-,16-. The molecule has 2 heterocycles. The van der Waals surface area contributed by atoms with Gasteiger partial charge in [0.2, 0.25) is 11.9 Å². The van der Waals surface area contributed by atoms with Crippen molar-refractivity contribution in [2.24, 2.45) is 11.8 Å².